The number of aryl methyl sites for hydroxylation is 1. The average Bonchev–Trinajstić information content (AvgIpc) is 3.34. The number of aromatic nitrogens is 3. The van der Waals surface area contributed by atoms with Gasteiger partial charge in [-0.2, -0.15) is 0 Å². The van der Waals surface area contributed by atoms with Crippen LogP contribution in [0.25, 0.3) is 33.2 Å². The lowest BCUT2D eigenvalue weighted by Crippen LogP contribution is -1.98. The van der Waals surface area contributed by atoms with Gasteiger partial charge < -0.3 is 4.57 Å². The third-order valence-electron chi connectivity index (χ3n) is 5.85. The van der Waals surface area contributed by atoms with Crippen LogP contribution in [-0.4, -0.2) is 14.5 Å². The largest absolute Gasteiger partial charge is 0.338 e. The summed E-state index contributed by atoms with van der Waals surface area (Å²) in [7, 11) is 0. The fourth-order valence-electron chi connectivity index (χ4n) is 4.57. The molecule has 1 fully saturated rings. The molecule has 3 nitrogen and oxygen atoms in total. The molecule has 1 aliphatic rings. The van der Waals surface area contributed by atoms with Gasteiger partial charge in [0, 0.05) is 17.5 Å². The Morgan fingerprint density at radius 2 is 1.81 bits per heavy atom. The van der Waals surface area contributed by atoms with Crippen molar-refractivity contribution in [1.29, 1.82) is 0 Å². The zero-order chi connectivity index (χ0) is 17.5. The van der Waals surface area contributed by atoms with Gasteiger partial charge in [-0.15, -0.1) is 0 Å². The zero-order valence-corrected chi connectivity index (χ0v) is 15.2. The maximum Gasteiger partial charge on any atom is 0.116 e. The van der Waals surface area contributed by atoms with E-state index in [1.807, 2.05) is 6.07 Å². The Morgan fingerprint density at radius 1 is 1.00 bits per heavy atom. The third kappa shape index (κ3) is 2.34. The van der Waals surface area contributed by atoms with Gasteiger partial charge in [0.2, 0.25) is 0 Å². The summed E-state index contributed by atoms with van der Waals surface area (Å²) in [4.78, 5) is 9.31. The van der Waals surface area contributed by atoms with Gasteiger partial charge in [0.25, 0.3) is 0 Å². The lowest BCUT2D eigenvalue weighted by atomic mass is 9.97. The molecule has 0 amide bonds. The van der Waals surface area contributed by atoms with Crippen molar-refractivity contribution < 1.29 is 0 Å². The summed E-state index contributed by atoms with van der Waals surface area (Å²) >= 11 is 0. The van der Waals surface area contributed by atoms with E-state index >= 15 is 0 Å². The summed E-state index contributed by atoms with van der Waals surface area (Å²) in [6, 6.07) is 17.4. The molecule has 1 saturated carbocycles. The smallest absolute Gasteiger partial charge is 0.116 e. The Labute approximate surface area is 153 Å². The van der Waals surface area contributed by atoms with E-state index in [0.29, 0.717) is 0 Å². The first-order chi connectivity index (χ1) is 12.9. The van der Waals surface area contributed by atoms with Gasteiger partial charge in [0.1, 0.15) is 11.8 Å². The molecule has 130 valence electrons. The number of rotatable bonds is 3. The second-order valence-corrected chi connectivity index (χ2v) is 7.29. The molecular weight excluding hydrogens is 318 g/mol. The predicted octanol–water partition coefficient (Wildman–Crippen LogP) is 5.93. The number of hydrogen-bond acceptors (Lipinski definition) is 2. The van der Waals surface area contributed by atoms with E-state index in [1.54, 1.807) is 6.33 Å². The first-order valence-electron chi connectivity index (χ1n) is 9.69. The lowest BCUT2D eigenvalue weighted by molar-refractivity contribution is 0.723. The van der Waals surface area contributed by atoms with Crippen LogP contribution in [0, 0.1) is 0 Å². The number of benzene rings is 2. The Morgan fingerprint density at radius 3 is 2.58 bits per heavy atom. The van der Waals surface area contributed by atoms with E-state index in [0.717, 1.165) is 34.8 Å². The third-order valence-corrected chi connectivity index (χ3v) is 5.85. The SMILES string of the molecule is CCn1c2cc(C3CCCC3)ccc2c2ncnc(-c3ccccc3)c21. The van der Waals surface area contributed by atoms with Crippen LogP contribution in [0.15, 0.2) is 54.9 Å². The summed E-state index contributed by atoms with van der Waals surface area (Å²) in [5.41, 5.74) is 7.17. The molecule has 1 aliphatic carbocycles. The molecule has 0 spiro atoms. The number of hydrogen-bond donors (Lipinski definition) is 0. The Hall–Kier alpha value is -2.68. The summed E-state index contributed by atoms with van der Waals surface area (Å²) < 4.78 is 2.39. The standard InChI is InChI=1S/C23H23N3/c1-2-26-20-14-18(16-8-6-7-9-16)12-13-19(20)22-23(26)21(24-15-25-22)17-10-4-3-5-11-17/h3-5,10-16H,2,6-9H2,1H3. The van der Waals surface area contributed by atoms with Gasteiger partial charge in [0.15, 0.2) is 0 Å². The van der Waals surface area contributed by atoms with Crippen LogP contribution in [0.2, 0.25) is 0 Å². The first kappa shape index (κ1) is 15.6. The van der Waals surface area contributed by atoms with Crippen LogP contribution in [0.3, 0.4) is 0 Å². The number of fused-ring (bicyclic) bond motifs is 3. The van der Waals surface area contributed by atoms with Gasteiger partial charge in [-0.1, -0.05) is 55.3 Å². The lowest BCUT2D eigenvalue weighted by Gasteiger charge is -2.11. The average molecular weight is 341 g/mol. The van der Waals surface area contributed by atoms with Crippen LogP contribution in [-0.2, 0) is 6.54 Å². The van der Waals surface area contributed by atoms with E-state index in [-0.39, 0.29) is 0 Å². The monoisotopic (exact) mass is 341 g/mol. The minimum Gasteiger partial charge on any atom is -0.338 e. The summed E-state index contributed by atoms with van der Waals surface area (Å²) in [5, 5.41) is 1.24. The summed E-state index contributed by atoms with van der Waals surface area (Å²) in [5.74, 6) is 0.724. The van der Waals surface area contributed by atoms with Crippen LogP contribution < -0.4 is 0 Å². The van der Waals surface area contributed by atoms with Crippen LogP contribution in [0.1, 0.15) is 44.1 Å². The summed E-state index contributed by atoms with van der Waals surface area (Å²) in [6.07, 6.45) is 7.08. The van der Waals surface area contributed by atoms with Crippen molar-refractivity contribution in [2.75, 3.05) is 0 Å². The van der Waals surface area contributed by atoms with E-state index in [1.165, 1.54) is 42.1 Å². The fraction of sp³-hybridized carbons (Fsp3) is 0.304. The molecule has 0 saturated heterocycles. The maximum absolute atomic E-state index is 4.66. The van der Waals surface area contributed by atoms with Crippen molar-refractivity contribution in [3.63, 3.8) is 0 Å². The molecule has 0 atom stereocenters. The Balaban J connectivity index is 1.80. The van der Waals surface area contributed by atoms with Gasteiger partial charge in [0.05, 0.1) is 16.7 Å². The van der Waals surface area contributed by atoms with Gasteiger partial charge >= 0.3 is 0 Å². The van der Waals surface area contributed by atoms with Crippen LogP contribution in [0.5, 0.6) is 0 Å². The van der Waals surface area contributed by atoms with Gasteiger partial charge in [-0.25, -0.2) is 9.97 Å². The minimum atomic E-state index is 0.724. The molecular formula is C23H23N3. The second-order valence-electron chi connectivity index (χ2n) is 7.29. The van der Waals surface area contributed by atoms with Crippen molar-refractivity contribution >= 4 is 21.9 Å². The Bertz CT molecular complexity index is 1070. The molecule has 0 aliphatic heterocycles. The molecule has 2 aromatic heterocycles. The summed E-state index contributed by atoms with van der Waals surface area (Å²) in [6.45, 7) is 3.13. The molecule has 2 heterocycles. The Kier molecular flexibility index (Phi) is 3.74. The zero-order valence-electron chi connectivity index (χ0n) is 15.2. The molecule has 0 unspecified atom stereocenters. The molecule has 2 aromatic carbocycles. The molecule has 0 N–H and O–H groups in total. The van der Waals surface area contributed by atoms with Gasteiger partial charge in [-0.3, -0.25) is 0 Å². The first-order valence-corrected chi connectivity index (χ1v) is 9.69. The van der Waals surface area contributed by atoms with Crippen molar-refractivity contribution in [3.8, 4) is 11.3 Å². The van der Waals surface area contributed by atoms with Gasteiger partial charge in [-0.05, 0) is 37.3 Å². The van der Waals surface area contributed by atoms with E-state index < -0.39 is 0 Å². The molecule has 0 radical (unpaired) electrons. The topological polar surface area (TPSA) is 30.7 Å². The number of nitrogens with zero attached hydrogens (tertiary/aromatic N) is 3. The van der Waals surface area contributed by atoms with E-state index in [4.69, 9.17) is 0 Å². The van der Waals surface area contributed by atoms with E-state index in [2.05, 4.69) is 63.9 Å². The molecule has 4 aromatic rings. The highest BCUT2D eigenvalue weighted by molar-refractivity contribution is 6.09. The second kappa shape index (κ2) is 6.24. The molecule has 0 bridgehead atoms. The van der Waals surface area contributed by atoms with Crippen molar-refractivity contribution in [2.45, 2.75) is 45.1 Å². The van der Waals surface area contributed by atoms with Crippen molar-refractivity contribution in [3.05, 3.63) is 60.4 Å². The minimum absolute atomic E-state index is 0.724. The highest BCUT2D eigenvalue weighted by Crippen LogP contribution is 2.38. The quantitative estimate of drug-likeness (QED) is 0.462. The maximum atomic E-state index is 4.66. The molecule has 3 heteroatoms. The molecule has 26 heavy (non-hydrogen) atoms. The highest BCUT2D eigenvalue weighted by Gasteiger charge is 2.20. The van der Waals surface area contributed by atoms with Crippen LogP contribution >= 0.6 is 0 Å². The highest BCUT2D eigenvalue weighted by atomic mass is 15.0. The normalized spacial score (nSPS) is 15.3. The fourth-order valence-corrected chi connectivity index (χ4v) is 4.57. The molecule has 5 rings (SSSR count). The van der Waals surface area contributed by atoms with Crippen molar-refractivity contribution in [1.82, 2.24) is 14.5 Å². The van der Waals surface area contributed by atoms with Crippen LogP contribution in [0.4, 0.5) is 0 Å². The predicted molar refractivity (Wildman–Crippen MR) is 107 cm³/mol. The van der Waals surface area contributed by atoms with Crippen molar-refractivity contribution in [2.24, 2.45) is 0 Å². The van der Waals surface area contributed by atoms with E-state index in [9.17, 15) is 0 Å².